The Hall–Kier alpha value is -2.86. The number of benzene rings is 2. The van der Waals surface area contributed by atoms with E-state index in [2.05, 4.69) is 24.1 Å². The third kappa shape index (κ3) is 4.91. The highest BCUT2D eigenvalue weighted by molar-refractivity contribution is 6.04. The number of methoxy groups -OCH3 is 1. The first-order chi connectivity index (χ1) is 16.0. The summed E-state index contributed by atoms with van der Waals surface area (Å²) >= 11 is 0. The molecule has 176 valence electrons. The molecule has 2 aromatic carbocycles. The first-order valence-corrected chi connectivity index (χ1v) is 12.1. The zero-order valence-corrected chi connectivity index (χ0v) is 19.9. The Morgan fingerprint density at radius 2 is 1.76 bits per heavy atom. The number of nitrogens with zero attached hydrogens (tertiary/aromatic N) is 2. The van der Waals surface area contributed by atoms with Crippen molar-refractivity contribution in [2.75, 3.05) is 20.2 Å². The SMILES string of the molecule is COc1ccccc1CN1C(=O)c2ccccc2[C@@H]1C(=O)NCCCN1[C@H](C)CCC[C@@H]1C. The summed E-state index contributed by atoms with van der Waals surface area (Å²) in [6.45, 7) is 6.49. The van der Waals surface area contributed by atoms with Gasteiger partial charge < -0.3 is 15.0 Å². The number of carbonyl (C=O) groups excluding carboxylic acids is 2. The summed E-state index contributed by atoms with van der Waals surface area (Å²) in [4.78, 5) is 30.8. The fourth-order valence-electron chi connectivity index (χ4n) is 5.32. The molecule has 0 aliphatic carbocycles. The van der Waals surface area contributed by atoms with E-state index in [1.165, 1.54) is 19.3 Å². The lowest BCUT2D eigenvalue weighted by atomic mass is 9.97. The highest BCUT2D eigenvalue weighted by Gasteiger charge is 2.41. The summed E-state index contributed by atoms with van der Waals surface area (Å²) in [5.41, 5.74) is 2.25. The smallest absolute Gasteiger partial charge is 0.255 e. The van der Waals surface area contributed by atoms with Crippen molar-refractivity contribution in [3.8, 4) is 5.75 Å². The second-order valence-electron chi connectivity index (χ2n) is 9.25. The van der Waals surface area contributed by atoms with Crippen molar-refractivity contribution in [2.45, 2.75) is 64.2 Å². The Balaban J connectivity index is 1.45. The topological polar surface area (TPSA) is 61.9 Å². The highest BCUT2D eigenvalue weighted by Crippen LogP contribution is 2.36. The number of hydrogen-bond donors (Lipinski definition) is 1. The van der Waals surface area contributed by atoms with E-state index in [9.17, 15) is 9.59 Å². The van der Waals surface area contributed by atoms with Gasteiger partial charge in [0, 0.05) is 36.3 Å². The number of para-hydroxylation sites is 1. The maximum atomic E-state index is 13.3. The molecule has 2 heterocycles. The van der Waals surface area contributed by atoms with Crippen LogP contribution in [0, 0.1) is 0 Å². The number of ether oxygens (including phenoxy) is 1. The number of carbonyl (C=O) groups is 2. The van der Waals surface area contributed by atoms with Crippen molar-refractivity contribution in [1.82, 2.24) is 15.1 Å². The number of piperidine rings is 1. The Kier molecular flexibility index (Phi) is 7.33. The molecule has 0 radical (unpaired) electrons. The molecule has 0 unspecified atom stereocenters. The maximum Gasteiger partial charge on any atom is 0.255 e. The monoisotopic (exact) mass is 449 g/mol. The van der Waals surface area contributed by atoms with Gasteiger partial charge in [0.1, 0.15) is 11.8 Å². The van der Waals surface area contributed by atoms with Gasteiger partial charge in [0.25, 0.3) is 5.91 Å². The molecule has 2 aromatic rings. The molecular weight excluding hydrogens is 414 g/mol. The number of nitrogens with one attached hydrogen (secondary N) is 1. The summed E-state index contributed by atoms with van der Waals surface area (Å²) in [6, 6.07) is 15.6. The van der Waals surface area contributed by atoms with Gasteiger partial charge >= 0.3 is 0 Å². The molecule has 3 atom stereocenters. The Bertz CT molecular complexity index is 982. The minimum atomic E-state index is -0.633. The van der Waals surface area contributed by atoms with Crippen molar-refractivity contribution in [2.24, 2.45) is 0 Å². The summed E-state index contributed by atoms with van der Waals surface area (Å²) in [5, 5.41) is 3.11. The van der Waals surface area contributed by atoms with Crippen LogP contribution in [0.25, 0.3) is 0 Å². The third-order valence-electron chi connectivity index (χ3n) is 7.11. The molecule has 33 heavy (non-hydrogen) atoms. The van der Waals surface area contributed by atoms with Gasteiger partial charge in [0.15, 0.2) is 0 Å². The van der Waals surface area contributed by atoms with Gasteiger partial charge in [-0.1, -0.05) is 42.8 Å². The Morgan fingerprint density at radius 3 is 2.52 bits per heavy atom. The normalized spacial score (nSPS) is 22.8. The highest BCUT2D eigenvalue weighted by atomic mass is 16.5. The van der Waals surface area contributed by atoms with Crippen LogP contribution in [0.15, 0.2) is 48.5 Å². The molecule has 2 aliphatic rings. The molecule has 0 spiro atoms. The summed E-state index contributed by atoms with van der Waals surface area (Å²) in [5.74, 6) is 0.473. The number of rotatable bonds is 8. The van der Waals surface area contributed by atoms with Crippen LogP contribution in [0.5, 0.6) is 5.75 Å². The van der Waals surface area contributed by atoms with Gasteiger partial charge in [0.2, 0.25) is 5.91 Å². The second-order valence-corrected chi connectivity index (χ2v) is 9.25. The van der Waals surface area contributed by atoms with Crippen molar-refractivity contribution < 1.29 is 14.3 Å². The van der Waals surface area contributed by atoms with Crippen molar-refractivity contribution in [3.05, 3.63) is 65.2 Å². The number of amides is 2. The minimum absolute atomic E-state index is 0.118. The van der Waals surface area contributed by atoms with E-state index in [-0.39, 0.29) is 11.8 Å². The van der Waals surface area contributed by atoms with Gasteiger partial charge in [-0.05, 0) is 50.8 Å². The largest absolute Gasteiger partial charge is 0.496 e. The van der Waals surface area contributed by atoms with Gasteiger partial charge in [-0.2, -0.15) is 0 Å². The average molecular weight is 450 g/mol. The molecule has 2 amide bonds. The van der Waals surface area contributed by atoms with E-state index in [0.29, 0.717) is 36.5 Å². The van der Waals surface area contributed by atoms with E-state index in [1.807, 2.05) is 42.5 Å². The van der Waals surface area contributed by atoms with Crippen LogP contribution in [0.2, 0.25) is 0 Å². The fourth-order valence-corrected chi connectivity index (χ4v) is 5.32. The van der Waals surface area contributed by atoms with Crippen molar-refractivity contribution in [1.29, 1.82) is 0 Å². The molecule has 0 saturated carbocycles. The second kappa shape index (κ2) is 10.4. The summed E-state index contributed by atoms with van der Waals surface area (Å²) in [6.07, 6.45) is 4.69. The lowest BCUT2D eigenvalue weighted by molar-refractivity contribution is -0.125. The quantitative estimate of drug-likeness (QED) is 0.615. The zero-order chi connectivity index (χ0) is 23.4. The lowest BCUT2D eigenvalue weighted by Crippen LogP contribution is -2.45. The fraction of sp³-hybridized carbons (Fsp3) is 0.481. The molecule has 4 rings (SSSR count). The van der Waals surface area contributed by atoms with Crippen LogP contribution >= 0.6 is 0 Å². The number of hydrogen-bond acceptors (Lipinski definition) is 4. The lowest BCUT2D eigenvalue weighted by Gasteiger charge is -2.39. The zero-order valence-electron chi connectivity index (χ0n) is 19.9. The van der Waals surface area contributed by atoms with Crippen LogP contribution in [0.1, 0.15) is 67.1 Å². The van der Waals surface area contributed by atoms with Gasteiger partial charge in [0.05, 0.1) is 13.7 Å². The number of fused-ring (bicyclic) bond motifs is 1. The minimum Gasteiger partial charge on any atom is -0.496 e. The molecule has 0 aromatic heterocycles. The number of likely N-dealkylation sites (tertiary alicyclic amines) is 1. The first kappa shape index (κ1) is 23.3. The summed E-state index contributed by atoms with van der Waals surface area (Å²) < 4.78 is 5.47. The van der Waals surface area contributed by atoms with E-state index in [1.54, 1.807) is 18.1 Å². The van der Waals surface area contributed by atoms with Gasteiger partial charge in [-0.25, -0.2) is 0 Å². The van der Waals surface area contributed by atoms with Gasteiger partial charge in [-0.15, -0.1) is 0 Å². The molecule has 6 nitrogen and oxygen atoms in total. The Morgan fingerprint density at radius 1 is 1.06 bits per heavy atom. The first-order valence-electron chi connectivity index (χ1n) is 12.1. The third-order valence-corrected chi connectivity index (χ3v) is 7.11. The van der Waals surface area contributed by atoms with E-state index in [4.69, 9.17) is 4.74 Å². The average Bonchev–Trinajstić information content (AvgIpc) is 3.10. The molecule has 6 heteroatoms. The molecule has 1 saturated heterocycles. The Labute approximate surface area is 196 Å². The predicted octanol–water partition coefficient (Wildman–Crippen LogP) is 4.16. The molecule has 0 bridgehead atoms. The standard InChI is InChI=1S/C27H35N3O3/c1-19-10-8-11-20(2)29(19)17-9-16-28-26(31)25-22-13-5-6-14-23(22)27(32)30(25)18-21-12-4-7-15-24(21)33-3/h4-7,12-15,19-20,25H,8-11,16-18H2,1-3H3,(H,28,31)/t19-,20+,25-/m1/s1. The van der Waals surface area contributed by atoms with Crippen LogP contribution < -0.4 is 10.1 Å². The molecular formula is C27H35N3O3. The van der Waals surface area contributed by atoms with E-state index in [0.717, 1.165) is 24.1 Å². The van der Waals surface area contributed by atoms with Crippen LogP contribution in [0.4, 0.5) is 0 Å². The summed E-state index contributed by atoms with van der Waals surface area (Å²) in [7, 11) is 1.62. The van der Waals surface area contributed by atoms with Crippen LogP contribution in [-0.2, 0) is 11.3 Å². The maximum absolute atomic E-state index is 13.3. The molecule has 1 N–H and O–H groups in total. The van der Waals surface area contributed by atoms with Crippen LogP contribution in [0.3, 0.4) is 0 Å². The van der Waals surface area contributed by atoms with Crippen LogP contribution in [-0.4, -0.2) is 53.9 Å². The molecule has 2 aliphatic heterocycles. The predicted molar refractivity (Wildman–Crippen MR) is 129 cm³/mol. The van der Waals surface area contributed by atoms with E-state index < -0.39 is 6.04 Å². The van der Waals surface area contributed by atoms with Gasteiger partial charge in [-0.3, -0.25) is 14.5 Å². The molecule has 1 fully saturated rings. The van der Waals surface area contributed by atoms with Crippen molar-refractivity contribution in [3.63, 3.8) is 0 Å². The van der Waals surface area contributed by atoms with E-state index >= 15 is 0 Å². The van der Waals surface area contributed by atoms with Crippen molar-refractivity contribution >= 4 is 11.8 Å².